The molecule has 1 aliphatic rings. The van der Waals surface area contributed by atoms with E-state index in [2.05, 4.69) is 24.0 Å². The second kappa shape index (κ2) is 5.87. The Morgan fingerprint density at radius 2 is 1.68 bits per heavy atom. The van der Waals surface area contributed by atoms with Crippen molar-refractivity contribution in [3.63, 3.8) is 0 Å². The molecule has 2 aromatic carbocycles. The quantitative estimate of drug-likeness (QED) is 0.640. The Morgan fingerprint density at radius 3 is 2.27 bits per heavy atom. The highest BCUT2D eigenvalue weighted by molar-refractivity contribution is 5.34. The normalized spacial score (nSPS) is 25.3. The zero-order valence-electron chi connectivity index (χ0n) is 12.5. The van der Waals surface area contributed by atoms with Crippen LogP contribution >= 0.6 is 0 Å². The maximum absolute atomic E-state index is 10.8. The highest BCUT2D eigenvalue weighted by Gasteiger charge is 2.38. The van der Waals surface area contributed by atoms with Gasteiger partial charge < -0.3 is 4.74 Å². The smallest absolute Gasteiger partial charge is 0.269 e. The van der Waals surface area contributed by atoms with Crippen molar-refractivity contribution in [1.29, 1.82) is 0 Å². The van der Waals surface area contributed by atoms with Crippen LogP contribution in [0.1, 0.15) is 30.4 Å². The molecule has 3 unspecified atom stereocenters. The SMILES string of the molecule is CC1C(c2ccccc2)OC(c2ccc([N+](=O)[O-])cc2)N1C. The van der Waals surface area contributed by atoms with Gasteiger partial charge in [-0.05, 0) is 37.2 Å². The number of nitrogens with zero attached hydrogens (tertiary/aromatic N) is 2. The summed E-state index contributed by atoms with van der Waals surface area (Å²) in [7, 11) is 2.01. The van der Waals surface area contributed by atoms with Crippen LogP contribution in [0.4, 0.5) is 5.69 Å². The number of rotatable bonds is 3. The van der Waals surface area contributed by atoms with Gasteiger partial charge >= 0.3 is 0 Å². The number of likely N-dealkylation sites (N-methyl/N-ethyl adjacent to an activating group) is 1. The Balaban J connectivity index is 1.85. The first kappa shape index (κ1) is 14.7. The standard InChI is InChI=1S/C17H18N2O3/c1-12-16(13-6-4-3-5-7-13)22-17(18(12)2)14-8-10-15(11-9-14)19(20)21/h3-12,16-17H,1-2H3. The van der Waals surface area contributed by atoms with E-state index in [1.54, 1.807) is 12.1 Å². The Morgan fingerprint density at radius 1 is 1.05 bits per heavy atom. The van der Waals surface area contributed by atoms with Crippen LogP contribution in [0.15, 0.2) is 54.6 Å². The van der Waals surface area contributed by atoms with E-state index < -0.39 is 4.92 Å². The van der Waals surface area contributed by atoms with E-state index in [1.807, 2.05) is 25.2 Å². The van der Waals surface area contributed by atoms with Crippen LogP contribution in [0.3, 0.4) is 0 Å². The van der Waals surface area contributed by atoms with Crippen LogP contribution in [0.5, 0.6) is 0 Å². The highest BCUT2D eigenvalue weighted by Crippen LogP contribution is 2.41. The van der Waals surface area contributed by atoms with Crippen molar-refractivity contribution in [1.82, 2.24) is 4.90 Å². The summed E-state index contributed by atoms with van der Waals surface area (Å²) in [6.45, 7) is 2.13. The average Bonchev–Trinajstić information content (AvgIpc) is 2.84. The van der Waals surface area contributed by atoms with Gasteiger partial charge in [0.2, 0.25) is 0 Å². The molecule has 1 heterocycles. The lowest BCUT2D eigenvalue weighted by molar-refractivity contribution is -0.384. The summed E-state index contributed by atoms with van der Waals surface area (Å²) in [5.74, 6) is 0. The van der Waals surface area contributed by atoms with E-state index in [9.17, 15) is 10.1 Å². The van der Waals surface area contributed by atoms with Crippen LogP contribution < -0.4 is 0 Å². The van der Waals surface area contributed by atoms with Crippen LogP contribution in [0.25, 0.3) is 0 Å². The number of non-ortho nitro benzene ring substituents is 1. The summed E-state index contributed by atoms with van der Waals surface area (Å²) in [5.41, 5.74) is 2.17. The van der Waals surface area contributed by atoms with Crippen molar-refractivity contribution in [3.05, 3.63) is 75.8 Å². The zero-order valence-corrected chi connectivity index (χ0v) is 12.5. The summed E-state index contributed by atoms with van der Waals surface area (Å²) in [6.07, 6.45) is -0.201. The van der Waals surface area contributed by atoms with Crippen molar-refractivity contribution in [2.24, 2.45) is 0 Å². The lowest BCUT2D eigenvalue weighted by Gasteiger charge is -2.21. The summed E-state index contributed by atoms with van der Waals surface area (Å²) in [6, 6.07) is 16.9. The van der Waals surface area contributed by atoms with E-state index in [-0.39, 0.29) is 24.1 Å². The van der Waals surface area contributed by atoms with E-state index in [1.165, 1.54) is 12.1 Å². The predicted octanol–water partition coefficient (Wildman–Crippen LogP) is 3.69. The fraction of sp³-hybridized carbons (Fsp3) is 0.294. The molecule has 1 fully saturated rings. The summed E-state index contributed by atoms with van der Waals surface area (Å²) >= 11 is 0. The van der Waals surface area contributed by atoms with Gasteiger partial charge in [0.25, 0.3) is 5.69 Å². The molecule has 2 aromatic rings. The molecule has 1 aliphatic heterocycles. The van der Waals surface area contributed by atoms with Crippen LogP contribution in [0, 0.1) is 10.1 Å². The molecule has 5 heteroatoms. The topological polar surface area (TPSA) is 55.6 Å². The first-order chi connectivity index (χ1) is 10.6. The van der Waals surface area contributed by atoms with Gasteiger partial charge in [-0.25, -0.2) is 0 Å². The lowest BCUT2D eigenvalue weighted by Crippen LogP contribution is -2.27. The lowest BCUT2D eigenvalue weighted by atomic mass is 10.0. The molecule has 0 saturated carbocycles. The molecule has 1 saturated heterocycles. The monoisotopic (exact) mass is 298 g/mol. The molecule has 0 radical (unpaired) electrons. The fourth-order valence-corrected chi connectivity index (χ4v) is 2.85. The number of benzene rings is 2. The molecule has 0 bridgehead atoms. The second-order valence-corrected chi connectivity index (χ2v) is 5.57. The summed E-state index contributed by atoms with van der Waals surface area (Å²) in [4.78, 5) is 12.5. The van der Waals surface area contributed by atoms with E-state index >= 15 is 0 Å². The van der Waals surface area contributed by atoms with Gasteiger partial charge in [0.05, 0.1) is 4.92 Å². The maximum Gasteiger partial charge on any atom is 0.269 e. The van der Waals surface area contributed by atoms with Crippen LogP contribution in [-0.4, -0.2) is 22.9 Å². The minimum Gasteiger partial charge on any atom is -0.349 e. The minimum absolute atomic E-state index is 0.00797. The first-order valence-electron chi connectivity index (χ1n) is 7.24. The third-order valence-corrected chi connectivity index (χ3v) is 4.24. The van der Waals surface area contributed by atoms with Gasteiger partial charge in [-0.1, -0.05) is 30.3 Å². The summed E-state index contributed by atoms with van der Waals surface area (Å²) in [5, 5.41) is 10.8. The molecule has 0 aliphatic carbocycles. The van der Waals surface area contributed by atoms with Crippen LogP contribution in [0.2, 0.25) is 0 Å². The van der Waals surface area contributed by atoms with E-state index in [4.69, 9.17) is 4.74 Å². The number of hydrogen-bond donors (Lipinski definition) is 0. The Labute approximate surface area is 129 Å². The molecule has 0 N–H and O–H groups in total. The van der Waals surface area contributed by atoms with Gasteiger partial charge in [0, 0.05) is 18.2 Å². The van der Waals surface area contributed by atoms with Gasteiger partial charge in [-0.15, -0.1) is 0 Å². The maximum atomic E-state index is 10.8. The summed E-state index contributed by atoms with van der Waals surface area (Å²) < 4.78 is 6.21. The predicted molar refractivity (Wildman–Crippen MR) is 83.3 cm³/mol. The Hall–Kier alpha value is -2.24. The number of nitro benzene ring substituents is 1. The first-order valence-corrected chi connectivity index (χ1v) is 7.24. The van der Waals surface area contributed by atoms with Crippen molar-refractivity contribution < 1.29 is 9.66 Å². The highest BCUT2D eigenvalue weighted by atomic mass is 16.6. The van der Waals surface area contributed by atoms with Gasteiger partial charge in [-0.3, -0.25) is 15.0 Å². The van der Waals surface area contributed by atoms with Crippen molar-refractivity contribution >= 4 is 5.69 Å². The minimum atomic E-state index is -0.390. The molecule has 3 atom stereocenters. The molecule has 0 amide bonds. The van der Waals surface area contributed by atoms with Crippen molar-refractivity contribution in [3.8, 4) is 0 Å². The Kier molecular flexibility index (Phi) is 3.92. The average molecular weight is 298 g/mol. The number of nitro groups is 1. The number of hydrogen-bond acceptors (Lipinski definition) is 4. The van der Waals surface area contributed by atoms with Crippen molar-refractivity contribution in [2.75, 3.05) is 7.05 Å². The molecular formula is C17H18N2O3. The Bertz CT molecular complexity index is 657. The third-order valence-electron chi connectivity index (χ3n) is 4.24. The van der Waals surface area contributed by atoms with E-state index in [0.29, 0.717) is 0 Å². The second-order valence-electron chi connectivity index (χ2n) is 5.57. The van der Waals surface area contributed by atoms with E-state index in [0.717, 1.165) is 11.1 Å². The van der Waals surface area contributed by atoms with Gasteiger partial charge in [-0.2, -0.15) is 0 Å². The van der Waals surface area contributed by atoms with Gasteiger partial charge in [0.15, 0.2) is 0 Å². The number of ether oxygens (including phenoxy) is 1. The molecule has 114 valence electrons. The molecule has 22 heavy (non-hydrogen) atoms. The molecule has 3 rings (SSSR count). The van der Waals surface area contributed by atoms with Gasteiger partial charge in [0.1, 0.15) is 12.3 Å². The third kappa shape index (κ3) is 2.61. The van der Waals surface area contributed by atoms with Crippen LogP contribution in [-0.2, 0) is 4.74 Å². The fourth-order valence-electron chi connectivity index (χ4n) is 2.85. The zero-order chi connectivity index (χ0) is 15.7. The molecule has 0 aromatic heterocycles. The molecular weight excluding hydrogens is 280 g/mol. The van der Waals surface area contributed by atoms with Crippen molar-refractivity contribution in [2.45, 2.75) is 25.3 Å². The molecule has 5 nitrogen and oxygen atoms in total. The largest absolute Gasteiger partial charge is 0.349 e. The molecule has 0 spiro atoms.